The predicted octanol–water partition coefficient (Wildman–Crippen LogP) is 14.5. The summed E-state index contributed by atoms with van der Waals surface area (Å²) in [6.07, 6.45) is 6.03. The van der Waals surface area contributed by atoms with Crippen molar-refractivity contribution in [3.63, 3.8) is 0 Å². The maximum absolute atomic E-state index is 6.30. The Morgan fingerprint density at radius 1 is 0.500 bits per heavy atom. The average molecular weight is 800 g/mol. The molecule has 0 bridgehead atoms. The largest absolute Gasteiger partial charge is 0.417 e. The van der Waals surface area contributed by atoms with Crippen molar-refractivity contribution >= 4 is 34.0 Å². The van der Waals surface area contributed by atoms with Gasteiger partial charge in [-0.1, -0.05) is 178 Å². The molecule has 11 rings (SSSR count). The van der Waals surface area contributed by atoms with E-state index < -0.39 is 5.41 Å². The molecule has 0 radical (unpaired) electrons. The first kappa shape index (κ1) is 37.4. The Kier molecular flexibility index (Phi) is 9.16. The molecule has 4 heteroatoms. The summed E-state index contributed by atoms with van der Waals surface area (Å²) in [5, 5.41) is 11.5. The molecule has 2 heterocycles. The maximum Gasteiger partial charge on any atom is 0.248 e. The van der Waals surface area contributed by atoms with Crippen LogP contribution in [0.1, 0.15) is 71.5 Å². The molecule has 0 amide bonds. The zero-order valence-corrected chi connectivity index (χ0v) is 34.9. The van der Waals surface area contributed by atoms with E-state index in [4.69, 9.17) is 4.42 Å². The number of rotatable bonds is 10. The normalized spacial score (nSPS) is 13.2. The van der Waals surface area contributed by atoms with Crippen LogP contribution in [0.4, 0.5) is 0 Å². The molecular weight excluding hydrogens is 755 g/mol. The van der Waals surface area contributed by atoms with E-state index in [0.717, 1.165) is 29.5 Å². The molecule has 0 fully saturated rings. The summed E-state index contributed by atoms with van der Waals surface area (Å²) in [5.41, 5.74) is 15.2. The first-order chi connectivity index (χ1) is 30.6. The minimum Gasteiger partial charge on any atom is -0.417 e. The first-order valence-corrected chi connectivity index (χ1v) is 21.7. The highest BCUT2D eigenvalue weighted by molar-refractivity contribution is 6.09. The Balaban J connectivity index is 0.904. The molecule has 0 atom stereocenters. The highest BCUT2D eigenvalue weighted by Crippen LogP contribution is 2.54. The summed E-state index contributed by atoms with van der Waals surface area (Å²) in [6, 6.07) is 72.3. The Morgan fingerprint density at radius 3 is 1.56 bits per heavy atom. The lowest BCUT2D eigenvalue weighted by Crippen LogP contribution is -2.30. The number of nitrogens with zero attached hydrogens (tertiary/aromatic N) is 3. The quantitative estimate of drug-likeness (QED) is 0.129. The number of para-hydroxylation sites is 2. The SMILES string of the molecule is CCC1(CC)c2cc(/C=C/c3nnc(-c4ccc(C(c5ccccc5)(c5ccccc5)c5ccccc5)cc4)o3)ccc2-c2ccc(-n3c4ccccc4c4ccccc43)cc21. The lowest BCUT2D eigenvalue weighted by Gasteiger charge is -2.36. The molecular formula is C58H45N3O. The Bertz CT molecular complexity index is 3100. The molecule has 0 spiro atoms. The van der Waals surface area contributed by atoms with E-state index in [9.17, 15) is 0 Å². The fourth-order valence-electron chi connectivity index (χ4n) is 10.5. The van der Waals surface area contributed by atoms with Gasteiger partial charge in [0, 0.05) is 33.5 Å². The van der Waals surface area contributed by atoms with Gasteiger partial charge in [-0.25, -0.2) is 0 Å². The molecule has 10 aromatic rings. The zero-order chi connectivity index (χ0) is 41.7. The lowest BCUT2D eigenvalue weighted by atomic mass is 9.65. The van der Waals surface area contributed by atoms with Crippen molar-refractivity contribution < 1.29 is 4.42 Å². The standard InChI is InChI=1S/C58H45N3O/c1-3-57(4-2)51-38-40(28-35-47(51)48-36-34-46(39-52(48)57)61-53-26-16-14-24-49(53)50-25-15-17-27-54(50)61)29-37-55-59-60-56(62-55)41-30-32-45(33-31-41)58(42-18-8-5-9-19-42,43-20-10-6-11-21-43)44-22-12-7-13-23-44/h5-39H,3-4H2,1-2H3/b37-29+. The van der Waals surface area contributed by atoms with E-state index >= 15 is 0 Å². The van der Waals surface area contributed by atoms with Gasteiger partial charge in [0.1, 0.15) is 0 Å². The molecule has 0 saturated carbocycles. The monoisotopic (exact) mass is 799 g/mol. The highest BCUT2D eigenvalue weighted by atomic mass is 16.4. The van der Waals surface area contributed by atoms with Gasteiger partial charge in [0.05, 0.1) is 16.4 Å². The van der Waals surface area contributed by atoms with E-state index in [-0.39, 0.29) is 5.41 Å². The lowest BCUT2D eigenvalue weighted by molar-refractivity contribution is 0.490. The van der Waals surface area contributed by atoms with Crippen molar-refractivity contribution in [3.8, 4) is 28.3 Å². The Hall–Kier alpha value is -7.56. The molecule has 0 aliphatic heterocycles. The summed E-state index contributed by atoms with van der Waals surface area (Å²) < 4.78 is 8.72. The van der Waals surface area contributed by atoms with Gasteiger partial charge in [-0.05, 0) is 105 Å². The third kappa shape index (κ3) is 5.82. The first-order valence-electron chi connectivity index (χ1n) is 21.7. The fraction of sp³-hybridized carbons (Fsp3) is 0.103. The van der Waals surface area contributed by atoms with E-state index in [2.05, 4.69) is 235 Å². The third-order valence-electron chi connectivity index (χ3n) is 13.5. The van der Waals surface area contributed by atoms with Crippen LogP contribution >= 0.6 is 0 Å². The summed E-state index contributed by atoms with van der Waals surface area (Å²) in [7, 11) is 0. The van der Waals surface area contributed by atoms with Gasteiger partial charge in [-0.15, -0.1) is 10.2 Å². The molecule has 1 aliphatic rings. The van der Waals surface area contributed by atoms with Crippen LogP contribution in [-0.4, -0.2) is 14.8 Å². The van der Waals surface area contributed by atoms with Gasteiger partial charge in [-0.3, -0.25) is 0 Å². The van der Waals surface area contributed by atoms with Crippen LogP contribution in [0.3, 0.4) is 0 Å². The molecule has 4 nitrogen and oxygen atoms in total. The maximum atomic E-state index is 6.30. The molecule has 2 aromatic heterocycles. The Morgan fingerprint density at radius 2 is 1.00 bits per heavy atom. The number of benzene rings is 8. The van der Waals surface area contributed by atoms with Crippen LogP contribution in [0.5, 0.6) is 0 Å². The van der Waals surface area contributed by atoms with Gasteiger partial charge < -0.3 is 8.98 Å². The molecule has 0 N–H and O–H groups in total. The van der Waals surface area contributed by atoms with Crippen molar-refractivity contribution in [2.24, 2.45) is 0 Å². The predicted molar refractivity (Wildman–Crippen MR) is 255 cm³/mol. The molecule has 62 heavy (non-hydrogen) atoms. The minimum absolute atomic E-state index is 0.105. The molecule has 8 aromatic carbocycles. The minimum atomic E-state index is -0.524. The summed E-state index contributed by atoms with van der Waals surface area (Å²) >= 11 is 0. The topological polar surface area (TPSA) is 43.9 Å². The van der Waals surface area contributed by atoms with Crippen molar-refractivity contribution in [3.05, 3.63) is 245 Å². The highest BCUT2D eigenvalue weighted by Gasteiger charge is 2.41. The second kappa shape index (κ2) is 15.2. The van der Waals surface area contributed by atoms with Gasteiger partial charge in [0.2, 0.25) is 11.8 Å². The van der Waals surface area contributed by atoms with Crippen LogP contribution in [-0.2, 0) is 10.8 Å². The second-order valence-electron chi connectivity index (χ2n) is 16.4. The number of hydrogen-bond donors (Lipinski definition) is 0. The summed E-state index contributed by atoms with van der Waals surface area (Å²) in [4.78, 5) is 0. The average Bonchev–Trinajstić information content (AvgIpc) is 4.04. The van der Waals surface area contributed by atoms with Gasteiger partial charge >= 0.3 is 0 Å². The van der Waals surface area contributed by atoms with Crippen molar-refractivity contribution in [2.75, 3.05) is 0 Å². The van der Waals surface area contributed by atoms with E-state index in [1.54, 1.807) is 0 Å². The third-order valence-corrected chi connectivity index (χ3v) is 13.5. The van der Waals surface area contributed by atoms with Gasteiger partial charge in [0.15, 0.2) is 0 Å². The van der Waals surface area contributed by atoms with E-state index in [1.165, 1.54) is 66.4 Å². The Labute approximate surface area is 362 Å². The van der Waals surface area contributed by atoms with Crippen LogP contribution in [0.2, 0.25) is 0 Å². The van der Waals surface area contributed by atoms with Crippen molar-refractivity contribution in [1.82, 2.24) is 14.8 Å². The summed E-state index contributed by atoms with van der Waals surface area (Å²) in [6.45, 7) is 4.66. The molecule has 298 valence electrons. The van der Waals surface area contributed by atoms with Crippen LogP contribution < -0.4 is 0 Å². The molecule has 1 aliphatic carbocycles. The number of aromatic nitrogens is 3. The van der Waals surface area contributed by atoms with Gasteiger partial charge in [-0.2, -0.15) is 0 Å². The summed E-state index contributed by atoms with van der Waals surface area (Å²) in [5.74, 6) is 0.952. The fourth-order valence-corrected chi connectivity index (χ4v) is 10.5. The van der Waals surface area contributed by atoms with Crippen LogP contribution in [0.25, 0.3) is 62.2 Å². The number of fused-ring (bicyclic) bond motifs is 6. The number of hydrogen-bond acceptors (Lipinski definition) is 3. The second-order valence-corrected chi connectivity index (χ2v) is 16.4. The smallest absolute Gasteiger partial charge is 0.248 e. The molecule has 0 saturated heterocycles. The molecule has 0 unspecified atom stereocenters. The van der Waals surface area contributed by atoms with Gasteiger partial charge in [0.25, 0.3) is 0 Å². The van der Waals surface area contributed by atoms with E-state index in [1.807, 2.05) is 6.08 Å². The zero-order valence-electron chi connectivity index (χ0n) is 34.9. The van der Waals surface area contributed by atoms with Crippen molar-refractivity contribution in [1.29, 1.82) is 0 Å². The van der Waals surface area contributed by atoms with Crippen molar-refractivity contribution in [2.45, 2.75) is 37.5 Å². The van der Waals surface area contributed by atoms with E-state index in [0.29, 0.717) is 11.8 Å². The van der Waals surface area contributed by atoms with Crippen LogP contribution in [0, 0.1) is 0 Å². The van der Waals surface area contributed by atoms with Crippen LogP contribution in [0.15, 0.2) is 205 Å².